The zero-order chi connectivity index (χ0) is 13.5. The fourth-order valence-electron chi connectivity index (χ4n) is 5.09. The standard InChI is InChI=1S/C17H29NO2/c1-2-7-17(14-4-5-14,18-9-3-1)15-6-10-20-16(12-15)8-11-19-13-16/h14-15,18H,1-13H2. The molecular formula is C17H29NO2. The number of nitrogens with one attached hydrogen (secondary N) is 1. The first-order valence-corrected chi connectivity index (χ1v) is 8.80. The monoisotopic (exact) mass is 279 g/mol. The van der Waals surface area contributed by atoms with E-state index >= 15 is 0 Å². The Kier molecular flexibility index (Phi) is 3.56. The van der Waals surface area contributed by atoms with E-state index in [9.17, 15) is 0 Å². The Balaban J connectivity index is 1.56. The third kappa shape index (κ3) is 2.32. The van der Waals surface area contributed by atoms with Crippen LogP contribution in [0.15, 0.2) is 0 Å². The molecule has 0 bridgehead atoms. The van der Waals surface area contributed by atoms with E-state index in [1.165, 1.54) is 57.9 Å². The van der Waals surface area contributed by atoms with Crippen LogP contribution in [0.3, 0.4) is 0 Å². The summed E-state index contributed by atoms with van der Waals surface area (Å²) in [6.07, 6.45) is 12.1. The van der Waals surface area contributed by atoms with Gasteiger partial charge in [-0.3, -0.25) is 0 Å². The molecule has 0 radical (unpaired) electrons. The van der Waals surface area contributed by atoms with Gasteiger partial charge in [0, 0.05) is 25.2 Å². The van der Waals surface area contributed by atoms with Gasteiger partial charge in [0.2, 0.25) is 0 Å². The molecule has 0 amide bonds. The zero-order valence-corrected chi connectivity index (χ0v) is 12.7. The fraction of sp³-hybridized carbons (Fsp3) is 1.00. The first kappa shape index (κ1) is 13.5. The van der Waals surface area contributed by atoms with Crippen LogP contribution >= 0.6 is 0 Å². The SMILES string of the molecule is C1CCNC(C2CC2)(C2CCOC3(CCOC3)C2)CC1. The topological polar surface area (TPSA) is 30.5 Å². The van der Waals surface area contributed by atoms with Crippen LogP contribution in [0.1, 0.15) is 57.8 Å². The van der Waals surface area contributed by atoms with Gasteiger partial charge in [0.1, 0.15) is 0 Å². The Hall–Kier alpha value is -0.120. The summed E-state index contributed by atoms with van der Waals surface area (Å²) in [6.45, 7) is 3.92. The summed E-state index contributed by atoms with van der Waals surface area (Å²) in [4.78, 5) is 0. The molecule has 3 atom stereocenters. The van der Waals surface area contributed by atoms with E-state index in [2.05, 4.69) is 5.32 Å². The third-order valence-corrected chi connectivity index (χ3v) is 6.32. The van der Waals surface area contributed by atoms with Crippen molar-refractivity contribution in [1.29, 1.82) is 0 Å². The molecule has 4 aliphatic rings. The van der Waals surface area contributed by atoms with Crippen LogP contribution in [0.2, 0.25) is 0 Å². The Bertz CT molecular complexity index is 339. The summed E-state index contributed by atoms with van der Waals surface area (Å²) in [7, 11) is 0. The smallest absolute Gasteiger partial charge is 0.0940 e. The molecule has 3 aliphatic heterocycles. The summed E-state index contributed by atoms with van der Waals surface area (Å²) in [6, 6.07) is 0. The summed E-state index contributed by atoms with van der Waals surface area (Å²) in [5, 5.41) is 4.04. The van der Waals surface area contributed by atoms with Crippen molar-refractivity contribution in [2.45, 2.75) is 68.9 Å². The minimum absolute atomic E-state index is 0.0682. The van der Waals surface area contributed by atoms with Gasteiger partial charge in [0.05, 0.1) is 12.2 Å². The van der Waals surface area contributed by atoms with Crippen molar-refractivity contribution in [1.82, 2.24) is 5.32 Å². The van der Waals surface area contributed by atoms with Gasteiger partial charge in [-0.15, -0.1) is 0 Å². The maximum atomic E-state index is 6.17. The Morgan fingerprint density at radius 1 is 0.900 bits per heavy atom. The molecule has 3 heterocycles. The summed E-state index contributed by atoms with van der Waals surface area (Å²) >= 11 is 0. The van der Waals surface area contributed by atoms with Crippen LogP contribution in [0.5, 0.6) is 0 Å². The molecule has 20 heavy (non-hydrogen) atoms. The molecule has 1 spiro atoms. The van der Waals surface area contributed by atoms with E-state index in [-0.39, 0.29) is 5.60 Å². The van der Waals surface area contributed by atoms with Crippen molar-refractivity contribution in [3.63, 3.8) is 0 Å². The molecular weight excluding hydrogens is 250 g/mol. The van der Waals surface area contributed by atoms with Gasteiger partial charge >= 0.3 is 0 Å². The van der Waals surface area contributed by atoms with Gasteiger partial charge in [-0.1, -0.05) is 12.8 Å². The van der Waals surface area contributed by atoms with E-state index in [0.29, 0.717) is 5.54 Å². The van der Waals surface area contributed by atoms with Crippen molar-refractivity contribution in [3.8, 4) is 0 Å². The molecule has 3 saturated heterocycles. The van der Waals surface area contributed by atoms with Crippen molar-refractivity contribution in [2.24, 2.45) is 11.8 Å². The average Bonchev–Trinajstić information content (AvgIpc) is 3.26. The van der Waals surface area contributed by atoms with Crippen LogP contribution < -0.4 is 5.32 Å². The zero-order valence-electron chi connectivity index (χ0n) is 12.7. The quantitative estimate of drug-likeness (QED) is 0.843. The lowest BCUT2D eigenvalue weighted by atomic mass is 9.69. The highest BCUT2D eigenvalue weighted by molar-refractivity contribution is 5.08. The Labute approximate surface area is 122 Å². The Morgan fingerprint density at radius 3 is 2.65 bits per heavy atom. The van der Waals surface area contributed by atoms with E-state index in [4.69, 9.17) is 9.47 Å². The van der Waals surface area contributed by atoms with Gasteiger partial charge in [-0.25, -0.2) is 0 Å². The number of rotatable bonds is 2. The number of ether oxygens (including phenoxy) is 2. The highest BCUT2D eigenvalue weighted by atomic mass is 16.6. The second-order valence-corrected chi connectivity index (χ2v) is 7.58. The van der Waals surface area contributed by atoms with Gasteiger partial charge in [-0.05, 0) is 56.9 Å². The molecule has 1 N–H and O–H groups in total. The van der Waals surface area contributed by atoms with Gasteiger partial charge in [0.25, 0.3) is 0 Å². The lowest BCUT2D eigenvalue weighted by molar-refractivity contribution is -0.115. The molecule has 1 aliphatic carbocycles. The van der Waals surface area contributed by atoms with Gasteiger partial charge in [-0.2, -0.15) is 0 Å². The summed E-state index contributed by atoms with van der Waals surface area (Å²) in [5.41, 5.74) is 0.509. The lowest BCUT2D eigenvalue weighted by Gasteiger charge is -2.48. The molecule has 4 fully saturated rings. The normalized spacial score (nSPS) is 46.5. The fourth-order valence-corrected chi connectivity index (χ4v) is 5.09. The molecule has 1 saturated carbocycles. The first-order chi connectivity index (χ1) is 9.83. The molecule has 4 rings (SSSR count). The van der Waals surface area contributed by atoms with Gasteiger partial charge < -0.3 is 14.8 Å². The third-order valence-electron chi connectivity index (χ3n) is 6.32. The maximum absolute atomic E-state index is 6.17. The predicted octanol–water partition coefficient (Wildman–Crippen LogP) is 2.88. The molecule has 3 unspecified atom stereocenters. The summed E-state index contributed by atoms with van der Waals surface area (Å²) < 4.78 is 11.8. The van der Waals surface area contributed by atoms with Crippen LogP contribution in [0.25, 0.3) is 0 Å². The minimum Gasteiger partial charge on any atom is -0.378 e. The van der Waals surface area contributed by atoms with E-state index in [1.54, 1.807) is 0 Å². The van der Waals surface area contributed by atoms with Gasteiger partial charge in [0.15, 0.2) is 0 Å². The van der Waals surface area contributed by atoms with Crippen molar-refractivity contribution in [3.05, 3.63) is 0 Å². The highest BCUT2D eigenvalue weighted by Gasteiger charge is 2.53. The molecule has 114 valence electrons. The van der Waals surface area contributed by atoms with Crippen molar-refractivity contribution >= 4 is 0 Å². The van der Waals surface area contributed by atoms with Crippen molar-refractivity contribution in [2.75, 3.05) is 26.4 Å². The summed E-state index contributed by atoms with van der Waals surface area (Å²) in [5.74, 6) is 1.76. The first-order valence-electron chi connectivity index (χ1n) is 8.80. The van der Waals surface area contributed by atoms with Crippen LogP contribution in [-0.4, -0.2) is 37.5 Å². The average molecular weight is 279 g/mol. The predicted molar refractivity (Wildman–Crippen MR) is 78.8 cm³/mol. The van der Waals surface area contributed by atoms with E-state index < -0.39 is 0 Å². The lowest BCUT2D eigenvalue weighted by Crippen LogP contribution is -2.57. The number of hydrogen-bond donors (Lipinski definition) is 1. The molecule has 3 nitrogen and oxygen atoms in total. The van der Waals surface area contributed by atoms with Crippen LogP contribution in [0, 0.1) is 11.8 Å². The van der Waals surface area contributed by atoms with Crippen molar-refractivity contribution < 1.29 is 9.47 Å². The van der Waals surface area contributed by atoms with Crippen LogP contribution in [0.4, 0.5) is 0 Å². The molecule has 0 aromatic heterocycles. The van der Waals surface area contributed by atoms with E-state index in [1.807, 2.05) is 0 Å². The van der Waals surface area contributed by atoms with Crippen LogP contribution in [-0.2, 0) is 9.47 Å². The second-order valence-electron chi connectivity index (χ2n) is 7.58. The molecule has 0 aromatic carbocycles. The molecule has 3 heteroatoms. The maximum Gasteiger partial charge on any atom is 0.0940 e. The molecule has 0 aromatic rings. The number of hydrogen-bond acceptors (Lipinski definition) is 3. The largest absolute Gasteiger partial charge is 0.378 e. The Morgan fingerprint density at radius 2 is 1.85 bits per heavy atom. The highest BCUT2D eigenvalue weighted by Crippen LogP contribution is 2.52. The minimum atomic E-state index is 0.0682. The second kappa shape index (κ2) is 5.26. The van der Waals surface area contributed by atoms with E-state index in [0.717, 1.165) is 38.1 Å².